The van der Waals surface area contributed by atoms with Gasteiger partial charge in [-0.1, -0.05) is 0 Å². The van der Waals surface area contributed by atoms with Crippen molar-refractivity contribution in [2.24, 2.45) is 0 Å². The summed E-state index contributed by atoms with van der Waals surface area (Å²) in [6.07, 6.45) is 5.73. The van der Waals surface area contributed by atoms with Gasteiger partial charge in [-0.3, -0.25) is 0 Å². The molecule has 3 aromatic heterocycles. The van der Waals surface area contributed by atoms with Crippen LogP contribution in [-0.2, 0) is 0 Å². The molecule has 0 aromatic carbocycles. The highest BCUT2D eigenvalue weighted by molar-refractivity contribution is 5.40. The van der Waals surface area contributed by atoms with Crippen LogP contribution in [0.1, 0.15) is 48.9 Å². The maximum atomic E-state index is 5.85. The van der Waals surface area contributed by atoms with E-state index in [2.05, 4.69) is 26.1 Å². The van der Waals surface area contributed by atoms with Crippen LogP contribution in [0.15, 0.2) is 30.7 Å². The van der Waals surface area contributed by atoms with E-state index in [0.717, 1.165) is 22.7 Å². The number of nitrogens with zero attached hydrogens (tertiary/aromatic N) is 5. The van der Waals surface area contributed by atoms with Gasteiger partial charge in [0.2, 0.25) is 5.88 Å². The molecule has 0 aliphatic heterocycles. The highest BCUT2D eigenvalue weighted by atomic mass is 16.5. The minimum atomic E-state index is -0.194. The lowest BCUT2D eigenvalue weighted by Gasteiger charge is -2.11. The van der Waals surface area contributed by atoms with Crippen molar-refractivity contribution in [3.63, 3.8) is 0 Å². The predicted molar refractivity (Wildman–Crippen MR) is 80.8 cm³/mol. The molecule has 0 N–H and O–H groups in total. The fraction of sp³-hybridized carbons (Fsp3) is 0.375. The molecule has 0 bridgehead atoms. The molecule has 1 atom stereocenters. The molecule has 1 fully saturated rings. The summed E-state index contributed by atoms with van der Waals surface area (Å²) in [4.78, 5) is 12.8. The summed E-state index contributed by atoms with van der Waals surface area (Å²) >= 11 is 0. The Labute approximate surface area is 128 Å². The molecule has 1 aliphatic rings. The molecule has 3 heterocycles. The van der Waals surface area contributed by atoms with Gasteiger partial charge in [-0.05, 0) is 38.8 Å². The average Bonchev–Trinajstić information content (AvgIpc) is 3.25. The molecule has 0 amide bonds. The largest absolute Gasteiger partial charge is 0.468 e. The Balaban J connectivity index is 1.59. The highest BCUT2D eigenvalue weighted by Gasteiger charge is 2.25. The normalized spacial score (nSPS) is 15.9. The quantitative estimate of drug-likeness (QED) is 0.740. The fourth-order valence-electron chi connectivity index (χ4n) is 2.44. The number of aromatic nitrogens is 5. The predicted octanol–water partition coefficient (Wildman–Crippen LogP) is 2.85. The molecule has 22 heavy (non-hydrogen) atoms. The lowest BCUT2D eigenvalue weighted by atomic mass is 10.3. The maximum absolute atomic E-state index is 5.85. The Hall–Kier alpha value is -2.50. The summed E-state index contributed by atoms with van der Waals surface area (Å²) in [5.74, 6) is 1.19. The Bertz CT molecular complexity index is 824. The third-order valence-electron chi connectivity index (χ3n) is 3.85. The van der Waals surface area contributed by atoms with E-state index in [9.17, 15) is 0 Å². The number of rotatable bonds is 4. The van der Waals surface area contributed by atoms with Crippen molar-refractivity contribution in [3.8, 4) is 5.88 Å². The summed E-state index contributed by atoms with van der Waals surface area (Å²) in [6.45, 7) is 3.87. The molecule has 0 spiro atoms. The van der Waals surface area contributed by atoms with E-state index < -0.39 is 0 Å². The second-order valence-corrected chi connectivity index (χ2v) is 5.76. The second kappa shape index (κ2) is 5.05. The van der Waals surface area contributed by atoms with Crippen LogP contribution in [-0.4, -0.2) is 24.6 Å². The zero-order valence-corrected chi connectivity index (χ0v) is 12.6. The molecule has 4 rings (SSSR count). The van der Waals surface area contributed by atoms with Gasteiger partial charge in [-0.25, -0.2) is 19.5 Å². The summed E-state index contributed by atoms with van der Waals surface area (Å²) < 4.78 is 7.69. The zero-order chi connectivity index (χ0) is 15.1. The van der Waals surface area contributed by atoms with E-state index in [4.69, 9.17) is 4.74 Å². The van der Waals surface area contributed by atoms with E-state index in [0.29, 0.717) is 11.8 Å². The SMILES string of the molecule is Cc1cc(OC(C)c2cn3nc(C4CC4)ccc3n2)ncn1. The average molecular weight is 295 g/mol. The van der Waals surface area contributed by atoms with Gasteiger partial charge in [-0.2, -0.15) is 5.10 Å². The van der Waals surface area contributed by atoms with Crippen molar-refractivity contribution < 1.29 is 4.74 Å². The van der Waals surface area contributed by atoms with Gasteiger partial charge in [0.05, 0.1) is 11.9 Å². The van der Waals surface area contributed by atoms with Crippen molar-refractivity contribution >= 4 is 5.65 Å². The molecule has 1 unspecified atom stereocenters. The molecular weight excluding hydrogens is 278 g/mol. The van der Waals surface area contributed by atoms with Gasteiger partial charge >= 0.3 is 0 Å². The topological polar surface area (TPSA) is 65.2 Å². The summed E-state index contributed by atoms with van der Waals surface area (Å²) in [5.41, 5.74) is 3.71. The van der Waals surface area contributed by atoms with Gasteiger partial charge in [0.25, 0.3) is 0 Å². The molecule has 3 aromatic rings. The standard InChI is InChI=1S/C16H17N5O/c1-10-7-16(18-9-17-10)22-11(2)14-8-21-15(19-14)6-5-13(20-21)12-3-4-12/h5-9,11-12H,3-4H2,1-2H3. The van der Waals surface area contributed by atoms with E-state index in [1.165, 1.54) is 19.2 Å². The van der Waals surface area contributed by atoms with Crippen LogP contribution in [0.25, 0.3) is 5.65 Å². The summed E-state index contributed by atoms with van der Waals surface area (Å²) in [6, 6.07) is 5.91. The van der Waals surface area contributed by atoms with Gasteiger partial charge in [-0.15, -0.1) is 0 Å². The van der Waals surface area contributed by atoms with E-state index in [-0.39, 0.29) is 6.10 Å². The van der Waals surface area contributed by atoms with Gasteiger partial charge in [0.15, 0.2) is 5.65 Å². The number of aryl methyl sites for hydroxylation is 1. The molecule has 1 saturated carbocycles. The summed E-state index contributed by atoms with van der Waals surface area (Å²) in [7, 11) is 0. The van der Waals surface area contributed by atoms with Crippen LogP contribution in [0.3, 0.4) is 0 Å². The van der Waals surface area contributed by atoms with Crippen LogP contribution in [0, 0.1) is 6.92 Å². The molecule has 112 valence electrons. The first-order valence-electron chi connectivity index (χ1n) is 7.50. The van der Waals surface area contributed by atoms with Crippen molar-refractivity contribution in [2.75, 3.05) is 0 Å². The Kier molecular flexibility index (Phi) is 3.03. The Morgan fingerprint density at radius 2 is 2.14 bits per heavy atom. The van der Waals surface area contributed by atoms with Crippen LogP contribution in [0.5, 0.6) is 5.88 Å². The van der Waals surface area contributed by atoms with Crippen molar-refractivity contribution in [1.29, 1.82) is 0 Å². The Morgan fingerprint density at radius 1 is 1.27 bits per heavy atom. The smallest absolute Gasteiger partial charge is 0.217 e. The molecular formula is C16H17N5O. The first kappa shape index (κ1) is 13.2. The van der Waals surface area contributed by atoms with Crippen molar-refractivity contribution in [3.05, 3.63) is 47.8 Å². The molecule has 6 heteroatoms. The molecule has 0 radical (unpaired) electrons. The first-order chi connectivity index (χ1) is 10.7. The molecule has 0 saturated heterocycles. The van der Waals surface area contributed by atoms with E-state index >= 15 is 0 Å². The molecule has 1 aliphatic carbocycles. The second-order valence-electron chi connectivity index (χ2n) is 5.76. The fourth-order valence-corrected chi connectivity index (χ4v) is 2.44. The van der Waals surface area contributed by atoms with Gasteiger partial charge < -0.3 is 4.74 Å². The van der Waals surface area contributed by atoms with Crippen LogP contribution < -0.4 is 4.74 Å². The van der Waals surface area contributed by atoms with Crippen molar-refractivity contribution in [2.45, 2.75) is 38.7 Å². The number of hydrogen-bond acceptors (Lipinski definition) is 5. The number of ether oxygens (including phenoxy) is 1. The third kappa shape index (κ3) is 2.52. The van der Waals surface area contributed by atoms with Crippen LogP contribution in [0.2, 0.25) is 0 Å². The third-order valence-corrected chi connectivity index (χ3v) is 3.85. The monoisotopic (exact) mass is 295 g/mol. The number of imidazole rings is 1. The Morgan fingerprint density at radius 3 is 2.91 bits per heavy atom. The minimum absolute atomic E-state index is 0.194. The lowest BCUT2D eigenvalue weighted by Crippen LogP contribution is -2.05. The lowest BCUT2D eigenvalue weighted by molar-refractivity contribution is 0.212. The highest BCUT2D eigenvalue weighted by Crippen LogP contribution is 2.38. The maximum Gasteiger partial charge on any atom is 0.217 e. The van der Waals surface area contributed by atoms with Crippen LogP contribution >= 0.6 is 0 Å². The van der Waals surface area contributed by atoms with Gasteiger partial charge in [0, 0.05) is 17.7 Å². The van der Waals surface area contributed by atoms with E-state index in [1.54, 1.807) is 0 Å². The van der Waals surface area contributed by atoms with E-state index in [1.807, 2.05) is 36.7 Å². The minimum Gasteiger partial charge on any atom is -0.468 e. The van der Waals surface area contributed by atoms with Crippen molar-refractivity contribution in [1.82, 2.24) is 24.6 Å². The first-order valence-corrected chi connectivity index (χ1v) is 7.50. The van der Waals surface area contributed by atoms with Crippen LogP contribution in [0.4, 0.5) is 0 Å². The number of hydrogen-bond donors (Lipinski definition) is 0. The summed E-state index contributed by atoms with van der Waals surface area (Å²) in [5, 5.41) is 4.63. The van der Waals surface area contributed by atoms with Gasteiger partial charge in [0.1, 0.15) is 18.1 Å². The number of fused-ring (bicyclic) bond motifs is 1. The molecule has 6 nitrogen and oxygen atoms in total. The zero-order valence-electron chi connectivity index (χ0n) is 12.6.